The van der Waals surface area contributed by atoms with Gasteiger partial charge in [-0.05, 0) is 25.7 Å². The molecule has 0 spiro atoms. The third-order valence-corrected chi connectivity index (χ3v) is 4.66. The summed E-state index contributed by atoms with van der Waals surface area (Å²) in [6.07, 6.45) is 8.62. The van der Waals surface area contributed by atoms with Crippen molar-refractivity contribution in [2.45, 2.75) is 91.9 Å². The number of rotatable bonds is 13. The van der Waals surface area contributed by atoms with Crippen LogP contribution < -0.4 is 0 Å². The molecule has 182 valence electrons. The van der Waals surface area contributed by atoms with Crippen LogP contribution in [0.4, 0.5) is 0 Å². The lowest BCUT2D eigenvalue weighted by Gasteiger charge is -2.24. The molecule has 0 aromatic rings. The van der Waals surface area contributed by atoms with Crippen LogP contribution in [0.3, 0.4) is 0 Å². The first-order valence-electron chi connectivity index (χ1n) is 10.5. The lowest BCUT2D eigenvalue weighted by Crippen LogP contribution is -2.32. The predicted octanol–water partition coefficient (Wildman–Crippen LogP) is 4.26. The number of aliphatic hydroxyl groups excluding tert-OH is 3. The zero-order valence-electron chi connectivity index (χ0n) is 19.1. The lowest BCUT2D eigenvalue weighted by molar-refractivity contribution is -0.111. The topological polar surface area (TPSA) is 112 Å². The fraction of sp³-hybridized carbons (Fsp3) is 0.857. The molecule has 0 radical (unpaired) electrons. The van der Waals surface area contributed by atoms with E-state index in [1.165, 1.54) is 0 Å². The van der Waals surface area contributed by atoms with Gasteiger partial charge in [0.2, 0.25) is 0 Å². The van der Waals surface area contributed by atoms with E-state index in [4.69, 9.17) is 15.3 Å². The third kappa shape index (κ3) is 35.4. The molecule has 0 unspecified atom stereocenters. The molecule has 0 aliphatic heterocycles. The van der Waals surface area contributed by atoms with Crippen molar-refractivity contribution in [2.75, 3.05) is 19.8 Å². The summed E-state index contributed by atoms with van der Waals surface area (Å²) >= 11 is 10.8. The summed E-state index contributed by atoms with van der Waals surface area (Å²) in [4.78, 5) is 30.2. The molecule has 0 rings (SSSR count). The minimum absolute atomic E-state index is 0.00171. The molecule has 0 amide bonds. The molecule has 0 aromatic carbocycles. The van der Waals surface area contributed by atoms with Crippen LogP contribution in [-0.4, -0.2) is 50.5 Å². The van der Waals surface area contributed by atoms with Crippen LogP contribution in [0.15, 0.2) is 0 Å². The SMILES string of the molecule is CCC(CO)(CO)CO.CCCCC(=O)S.CCCCC(=O)S.CCCCC(=O)S. The standard InChI is InChI=1S/C6H14O3.3C5H10OS/c1-2-6(3-7,4-8)5-9;3*1-2-3-4-5(6)7/h7-9H,2-5H2,1H3;3*2-4H2,1H3,(H,6,7). The number of unbranched alkanes of at least 4 members (excludes halogenated alkanes) is 3. The smallest absolute Gasteiger partial charge is 0.185 e. The van der Waals surface area contributed by atoms with Crippen molar-refractivity contribution >= 4 is 53.2 Å². The van der Waals surface area contributed by atoms with Crippen molar-refractivity contribution in [2.24, 2.45) is 5.41 Å². The second-order valence-electron chi connectivity index (χ2n) is 6.82. The average Bonchev–Trinajstić information content (AvgIpc) is 2.72. The van der Waals surface area contributed by atoms with Crippen molar-refractivity contribution < 1.29 is 29.7 Å². The average molecular weight is 489 g/mol. The molecule has 0 aromatic heterocycles. The summed E-state index contributed by atoms with van der Waals surface area (Å²) in [5, 5.41) is 26.0. The van der Waals surface area contributed by atoms with Crippen molar-refractivity contribution in [1.29, 1.82) is 0 Å². The van der Waals surface area contributed by atoms with E-state index >= 15 is 0 Å². The van der Waals surface area contributed by atoms with Crippen molar-refractivity contribution in [3.05, 3.63) is 0 Å². The van der Waals surface area contributed by atoms with E-state index in [1.807, 2.05) is 6.92 Å². The highest BCUT2D eigenvalue weighted by Gasteiger charge is 2.24. The molecule has 0 fully saturated rings. The number of carbonyl (C=O) groups is 3. The fourth-order valence-corrected chi connectivity index (χ4v) is 1.94. The number of hydrogen-bond donors (Lipinski definition) is 6. The lowest BCUT2D eigenvalue weighted by atomic mass is 9.88. The highest BCUT2D eigenvalue weighted by atomic mass is 32.1. The van der Waals surface area contributed by atoms with Crippen LogP contribution in [0.5, 0.6) is 0 Å². The van der Waals surface area contributed by atoms with Gasteiger partial charge in [0.25, 0.3) is 0 Å². The Hall–Kier alpha value is -0.0600. The molecular formula is C21H44O6S3. The largest absolute Gasteiger partial charge is 0.396 e. The molecule has 0 atom stereocenters. The van der Waals surface area contributed by atoms with Crippen LogP contribution in [0.1, 0.15) is 91.9 Å². The van der Waals surface area contributed by atoms with Gasteiger partial charge in [-0.25, -0.2) is 0 Å². The Morgan fingerprint density at radius 2 is 0.833 bits per heavy atom. The van der Waals surface area contributed by atoms with Gasteiger partial charge in [0, 0.05) is 24.7 Å². The first-order valence-corrected chi connectivity index (χ1v) is 11.9. The number of hydrogen-bond acceptors (Lipinski definition) is 6. The van der Waals surface area contributed by atoms with Crippen LogP contribution >= 0.6 is 37.9 Å². The van der Waals surface area contributed by atoms with Gasteiger partial charge < -0.3 is 15.3 Å². The highest BCUT2D eigenvalue weighted by molar-refractivity contribution is 7.97. The molecule has 9 heteroatoms. The van der Waals surface area contributed by atoms with Crippen molar-refractivity contribution in [1.82, 2.24) is 0 Å². The molecule has 0 saturated heterocycles. The first kappa shape index (κ1) is 37.3. The number of aliphatic hydroxyl groups is 3. The van der Waals surface area contributed by atoms with Gasteiger partial charge in [-0.3, -0.25) is 14.4 Å². The van der Waals surface area contributed by atoms with Crippen molar-refractivity contribution in [3.8, 4) is 0 Å². The van der Waals surface area contributed by atoms with Gasteiger partial charge in [-0.2, -0.15) is 0 Å². The quantitative estimate of drug-likeness (QED) is 0.216. The van der Waals surface area contributed by atoms with E-state index in [9.17, 15) is 14.4 Å². The minimum atomic E-state index is -0.667. The maximum atomic E-state index is 10.1. The first-order chi connectivity index (χ1) is 14.1. The Morgan fingerprint density at radius 3 is 0.867 bits per heavy atom. The molecule has 3 N–H and O–H groups in total. The predicted molar refractivity (Wildman–Crippen MR) is 135 cm³/mol. The molecule has 0 saturated carbocycles. The van der Waals surface area contributed by atoms with Gasteiger partial charge in [0.05, 0.1) is 19.8 Å². The van der Waals surface area contributed by atoms with Crippen molar-refractivity contribution in [3.63, 3.8) is 0 Å². The maximum absolute atomic E-state index is 10.1. The molecule has 30 heavy (non-hydrogen) atoms. The van der Waals surface area contributed by atoms with E-state index in [0.29, 0.717) is 25.7 Å². The summed E-state index contributed by atoms with van der Waals surface area (Å²) in [5.41, 5.74) is -0.667. The Morgan fingerprint density at radius 1 is 0.600 bits per heavy atom. The van der Waals surface area contributed by atoms with Crippen LogP contribution in [-0.2, 0) is 14.4 Å². The zero-order chi connectivity index (χ0) is 24.4. The molecule has 0 bridgehead atoms. The van der Waals surface area contributed by atoms with E-state index in [-0.39, 0.29) is 35.2 Å². The molecular weight excluding hydrogens is 444 g/mol. The second-order valence-corrected chi connectivity index (χ2v) is 8.32. The zero-order valence-corrected chi connectivity index (χ0v) is 21.8. The Kier molecular flexibility index (Phi) is 35.9. The summed E-state index contributed by atoms with van der Waals surface area (Å²) in [6.45, 7) is 7.51. The van der Waals surface area contributed by atoms with E-state index in [0.717, 1.165) is 38.5 Å². The van der Waals surface area contributed by atoms with Gasteiger partial charge in [-0.15, -0.1) is 37.9 Å². The Labute approximate surface area is 199 Å². The van der Waals surface area contributed by atoms with Gasteiger partial charge in [-0.1, -0.05) is 47.0 Å². The van der Waals surface area contributed by atoms with Crippen LogP contribution in [0.2, 0.25) is 0 Å². The summed E-state index contributed by atoms with van der Waals surface area (Å²) in [7, 11) is 0. The summed E-state index contributed by atoms with van der Waals surface area (Å²) in [6, 6.07) is 0. The Bertz CT molecular complexity index is 342. The summed E-state index contributed by atoms with van der Waals surface area (Å²) < 4.78 is 0. The molecule has 0 aliphatic carbocycles. The van der Waals surface area contributed by atoms with E-state index in [2.05, 4.69) is 58.7 Å². The summed E-state index contributed by atoms with van der Waals surface area (Å²) in [5.74, 6) is 0. The fourth-order valence-electron chi connectivity index (χ4n) is 1.47. The maximum Gasteiger partial charge on any atom is 0.185 e. The highest BCUT2D eigenvalue weighted by Crippen LogP contribution is 2.18. The van der Waals surface area contributed by atoms with E-state index in [1.54, 1.807) is 0 Å². The van der Waals surface area contributed by atoms with Gasteiger partial charge in [0.1, 0.15) is 0 Å². The number of carbonyl (C=O) groups excluding carboxylic acids is 3. The third-order valence-electron chi connectivity index (χ3n) is 3.99. The monoisotopic (exact) mass is 488 g/mol. The second kappa shape index (κ2) is 28.9. The molecule has 0 aliphatic rings. The Balaban J connectivity index is -0.000000151. The van der Waals surface area contributed by atoms with E-state index < -0.39 is 5.41 Å². The normalized spacial score (nSPS) is 9.80. The van der Waals surface area contributed by atoms with Crippen LogP contribution in [0, 0.1) is 5.41 Å². The van der Waals surface area contributed by atoms with Gasteiger partial charge >= 0.3 is 0 Å². The minimum Gasteiger partial charge on any atom is -0.396 e. The van der Waals surface area contributed by atoms with Crippen LogP contribution in [0.25, 0.3) is 0 Å². The molecule has 0 heterocycles. The molecule has 6 nitrogen and oxygen atoms in total. The number of thiol groups is 3. The van der Waals surface area contributed by atoms with Gasteiger partial charge in [0.15, 0.2) is 15.3 Å².